The van der Waals surface area contributed by atoms with E-state index in [9.17, 15) is 8.09 Å². The summed E-state index contributed by atoms with van der Waals surface area (Å²) in [5.74, 6) is 4.00. The van der Waals surface area contributed by atoms with Gasteiger partial charge in [-0.05, 0) is 69.6 Å². The Labute approximate surface area is 171 Å². The van der Waals surface area contributed by atoms with Crippen molar-refractivity contribution >= 4 is 28.6 Å². The van der Waals surface area contributed by atoms with Crippen LogP contribution in [0, 0.1) is 0 Å². The van der Waals surface area contributed by atoms with E-state index in [1.54, 1.807) is 12.1 Å². The number of hydrogen-bond donors (Lipinski definition) is 0. The molecule has 0 amide bonds. The molecule has 9 heteroatoms. The maximum atomic E-state index is 12.9. The Morgan fingerprint density at radius 2 is 1.31 bits per heavy atom. The van der Waals surface area contributed by atoms with E-state index in [0.717, 1.165) is 5.46 Å². The third-order valence-electron chi connectivity index (χ3n) is 4.90. The molecule has 0 N–H and O–H groups in total. The minimum atomic E-state index is -4.05. The molecule has 6 nitrogen and oxygen atoms in total. The molecule has 0 saturated carbocycles. The lowest BCUT2D eigenvalue weighted by Crippen LogP contribution is -2.41. The maximum absolute atomic E-state index is 12.9. The highest BCUT2D eigenvalue weighted by molar-refractivity contribution is 7.91. The lowest BCUT2D eigenvalue weighted by Gasteiger charge is -2.32. The normalized spacial score (nSPS) is 19.4. The molecule has 0 radical (unpaired) electrons. The third-order valence-corrected chi connectivity index (χ3v) is 5.34. The predicted octanol–water partition coefficient (Wildman–Crippen LogP) is 3.30. The van der Waals surface area contributed by atoms with E-state index in [-0.39, 0.29) is 12.5 Å². The molecule has 1 unspecified atom stereocenters. The molecule has 0 aliphatic carbocycles. The smallest absolute Gasteiger partial charge is 0.458 e. The Bertz CT molecular complexity index is 926. The van der Waals surface area contributed by atoms with Crippen molar-refractivity contribution in [1.29, 1.82) is 0 Å². The first-order chi connectivity index (χ1) is 13.5. The number of ether oxygens (including phenoxy) is 2. The first-order valence-corrected chi connectivity index (χ1v) is 10.6. The molecule has 1 atom stereocenters. The molecule has 2 aromatic rings. The van der Waals surface area contributed by atoms with E-state index >= 15 is 0 Å². The van der Waals surface area contributed by atoms with Crippen LogP contribution in [0.5, 0.6) is 17.2 Å². The zero-order valence-corrected chi connectivity index (χ0v) is 17.7. The second kappa shape index (κ2) is 7.89. The van der Waals surface area contributed by atoms with Crippen molar-refractivity contribution in [2.45, 2.75) is 38.9 Å². The molecule has 1 fully saturated rings. The standard InChI is InChI=1S/C20H24BFO6S/c1-19(2)20(3,4)28-21(27-19)15-6-8-16(9-7-15)24-14-25-17-10-12-18(13-11-17)26-29(5,22)23/h6-13H,5,14H2,1-4H3. The van der Waals surface area contributed by atoms with E-state index < -0.39 is 28.5 Å². The van der Waals surface area contributed by atoms with Gasteiger partial charge in [0.25, 0.3) is 10.2 Å². The van der Waals surface area contributed by atoms with Crippen LogP contribution in [0.15, 0.2) is 48.5 Å². The van der Waals surface area contributed by atoms with Gasteiger partial charge < -0.3 is 23.0 Å². The molecule has 3 rings (SSSR count). The van der Waals surface area contributed by atoms with Gasteiger partial charge in [0.05, 0.1) is 11.2 Å². The van der Waals surface area contributed by atoms with Gasteiger partial charge in [0.2, 0.25) is 6.79 Å². The van der Waals surface area contributed by atoms with Crippen molar-refractivity contribution in [1.82, 2.24) is 0 Å². The summed E-state index contributed by atoms with van der Waals surface area (Å²) in [6.07, 6.45) is 0. The van der Waals surface area contributed by atoms with Gasteiger partial charge in [-0.1, -0.05) is 12.1 Å². The first-order valence-electron chi connectivity index (χ1n) is 9.03. The van der Waals surface area contributed by atoms with E-state index in [2.05, 4.69) is 10.1 Å². The molecule has 0 bridgehead atoms. The van der Waals surface area contributed by atoms with E-state index in [1.807, 2.05) is 52.0 Å². The highest BCUT2D eigenvalue weighted by Crippen LogP contribution is 2.36. The number of hydrogen-bond acceptors (Lipinski definition) is 6. The molecular formula is C20H24BFO6S. The van der Waals surface area contributed by atoms with Gasteiger partial charge in [0, 0.05) is 5.87 Å². The SMILES string of the molecule is C=S(=O)(F)Oc1ccc(OCOc2ccc(B3OC(C)(C)C(C)(C)O3)cc2)cc1. The van der Waals surface area contributed by atoms with Crippen molar-refractivity contribution in [2.24, 2.45) is 0 Å². The van der Waals surface area contributed by atoms with Crippen molar-refractivity contribution in [2.75, 3.05) is 6.79 Å². The first kappa shape index (κ1) is 21.5. The number of benzene rings is 2. The van der Waals surface area contributed by atoms with Gasteiger partial charge in [0.1, 0.15) is 17.2 Å². The van der Waals surface area contributed by atoms with Gasteiger partial charge >= 0.3 is 7.12 Å². The second-order valence-corrected chi connectivity index (χ2v) is 8.90. The van der Waals surface area contributed by atoms with Crippen molar-refractivity contribution in [3.63, 3.8) is 0 Å². The Morgan fingerprint density at radius 1 is 0.897 bits per heavy atom. The van der Waals surface area contributed by atoms with Crippen LogP contribution in [-0.4, -0.2) is 35.2 Å². The van der Waals surface area contributed by atoms with Gasteiger partial charge in [-0.25, -0.2) is 0 Å². The zero-order chi connectivity index (χ0) is 21.3. The summed E-state index contributed by atoms with van der Waals surface area (Å²) in [5, 5.41) is 0. The fourth-order valence-corrected chi connectivity index (χ4v) is 3.00. The summed E-state index contributed by atoms with van der Waals surface area (Å²) in [6.45, 7) is 8.01. The Morgan fingerprint density at radius 3 is 1.76 bits per heavy atom. The lowest BCUT2D eigenvalue weighted by molar-refractivity contribution is 0.00578. The minimum Gasteiger partial charge on any atom is -0.458 e. The maximum Gasteiger partial charge on any atom is 0.494 e. The average molecular weight is 422 g/mol. The molecule has 1 saturated heterocycles. The zero-order valence-electron chi connectivity index (χ0n) is 16.8. The second-order valence-electron chi connectivity index (χ2n) is 7.66. The van der Waals surface area contributed by atoms with Crippen LogP contribution >= 0.6 is 0 Å². The van der Waals surface area contributed by atoms with Gasteiger partial charge in [-0.15, -0.1) is 3.89 Å². The van der Waals surface area contributed by atoms with Crippen LogP contribution < -0.4 is 19.1 Å². The van der Waals surface area contributed by atoms with Crippen LogP contribution in [0.4, 0.5) is 3.89 Å². The average Bonchev–Trinajstić information content (AvgIpc) is 2.83. The van der Waals surface area contributed by atoms with Crippen molar-refractivity contribution in [3.8, 4) is 17.2 Å². The van der Waals surface area contributed by atoms with Crippen LogP contribution in [0.2, 0.25) is 0 Å². The van der Waals surface area contributed by atoms with Crippen LogP contribution in [-0.2, 0) is 19.5 Å². The van der Waals surface area contributed by atoms with Crippen LogP contribution in [0.25, 0.3) is 0 Å². The summed E-state index contributed by atoms with van der Waals surface area (Å²) in [4.78, 5) is 0. The molecule has 29 heavy (non-hydrogen) atoms. The minimum absolute atomic E-state index is 0.0226. The topological polar surface area (TPSA) is 63.2 Å². The van der Waals surface area contributed by atoms with E-state index in [1.165, 1.54) is 12.1 Å². The summed E-state index contributed by atoms with van der Waals surface area (Å²) < 4.78 is 51.4. The summed E-state index contributed by atoms with van der Waals surface area (Å²) in [6, 6.07) is 13.3. The highest BCUT2D eigenvalue weighted by Gasteiger charge is 2.51. The van der Waals surface area contributed by atoms with Crippen molar-refractivity contribution < 1.29 is 31.1 Å². The summed E-state index contributed by atoms with van der Waals surface area (Å²) in [7, 11) is -4.48. The largest absolute Gasteiger partial charge is 0.494 e. The molecule has 2 aromatic carbocycles. The van der Waals surface area contributed by atoms with Gasteiger partial charge in [0.15, 0.2) is 0 Å². The quantitative estimate of drug-likeness (QED) is 0.295. The monoisotopic (exact) mass is 422 g/mol. The number of halogens is 1. The molecule has 0 spiro atoms. The molecule has 0 aromatic heterocycles. The van der Waals surface area contributed by atoms with Crippen molar-refractivity contribution in [3.05, 3.63) is 48.5 Å². The van der Waals surface area contributed by atoms with E-state index in [4.69, 9.17) is 18.8 Å². The molecule has 156 valence electrons. The molecule has 1 heterocycles. The van der Waals surface area contributed by atoms with E-state index in [0.29, 0.717) is 11.5 Å². The summed E-state index contributed by atoms with van der Waals surface area (Å²) >= 11 is 0. The third kappa shape index (κ3) is 5.43. The lowest BCUT2D eigenvalue weighted by atomic mass is 9.79. The molecule has 1 aliphatic heterocycles. The summed E-state index contributed by atoms with van der Waals surface area (Å²) in [5.41, 5.74) is 0.118. The Balaban J connectivity index is 1.51. The fraction of sp³-hybridized carbons (Fsp3) is 0.350. The van der Waals surface area contributed by atoms with Crippen LogP contribution in [0.3, 0.4) is 0 Å². The molecule has 1 aliphatic rings. The van der Waals surface area contributed by atoms with Gasteiger partial charge in [-0.3, -0.25) is 0 Å². The van der Waals surface area contributed by atoms with Crippen LogP contribution in [0.1, 0.15) is 27.7 Å². The Kier molecular flexibility index (Phi) is 5.85. The molecular weight excluding hydrogens is 398 g/mol. The van der Waals surface area contributed by atoms with Gasteiger partial charge in [-0.2, -0.15) is 4.21 Å². The number of rotatable bonds is 7. The fourth-order valence-electron chi connectivity index (χ4n) is 2.60. The predicted molar refractivity (Wildman–Crippen MR) is 112 cm³/mol. The Hall–Kier alpha value is -2.23. The highest BCUT2D eigenvalue weighted by atomic mass is 32.3.